The lowest BCUT2D eigenvalue weighted by atomic mass is 10.2. The van der Waals surface area contributed by atoms with Gasteiger partial charge in [-0.1, -0.05) is 0 Å². The normalized spacial score (nSPS) is 24.5. The molecule has 154 valence electrons. The van der Waals surface area contributed by atoms with Crippen LogP contribution in [-0.4, -0.2) is 104 Å². The molecule has 1 amide bonds. The molecule has 1 aromatic rings. The van der Waals surface area contributed by atoms with Crippen LogP contribution in [0.3, 0.4) is 0 Å². The smallest absolute Gasteiger partial charge is 0.236 e. The molecule has 0 bridgehead atoms. The average Bonchev–Trinajstić information content (AvgIpc) is 3.29. The van der Waals surface area contributed by atoms with Crippen molar-refractivity contribution in [2.75, 3.05) is 82.4 Å². The highest BCUT2D eigenvalue weighted by molar-refractivity contribution is 7.99. The summed E-state index contributed by atoms with van der Waals surface area (Å²) in [6.07, 6.45) is 1.34. The van der Waals surface area contributed by atoms with Gasteiger partial charge in [0.25, 0.3) is 0 Å². The van der Waals surface area contributed by atoms with Crippen molar-refractivity contribution in [2.45, 2.75) is 12.5 Å². The molecule has 0 radical (unpaired) electrons. The molecule has 3 aliphatic rings. The summed E-state index contributed by atoms with van der Waals surface area (Å²) in [7, 11) is 1.69. The van der Waals surface area contributed by atoms with Gasteiger partial charge in [0.05, 0.1) is 13.7 Å². The van der Waals surface area contributed by atoms with Gasteiger partial charge in [0, 0.05) is 69.8 Å². The number of nitrogens with zero attached hydrogens (tertiary/aromatic N) is 4. The number of hydrogen-bond donors (Lipinski definition) is 0. The Labute approximate surface area is 172 Å². The van der Waals surface area contributed by atoms with Crippen molar-refractivity contribution in [3.8, 4) is 5.75 Å². The van der Waals surface area contributed by atoms with Gasteiger partial charge in [-0.05, 0) is 36.4 Å². The minimum absolute atomic E-state index is 0.291. The van der Waals surface area contributed by atoms with Gasteiger partial charge in [-0.15, -0.1) is 0 Å². The lowest BCUT2D eigenvalue weighted by molar-refractivity contribution is -0.133. The number of rotatable bonds is 5. The van der Waals surface area contributed by atoms with E-state index in [1.807, 2.05) is 17.0 Å². The Hall–Kier alpha value is -1.44. The van der Waals surface area contributed by atoms with Crippen molar-refractivity contribution in [3.05, 3.63) is 24.3 Å². The van der Waals surface area contributed by atoms with E-state index in [4.69, 9.17) is 4.74 Å². The van der Waals surface area contributed by atoms with Gasteiger partial charge in [-0.2, -0.15) is 11.8 Å². The number of benzene rings is 1. The van der Waals surface area contributed by atoms with Crippen molar-refractivity contribution in [3.63, 3.8) is 0 Å². The van der Waals surface area contributed by atoms with Gasteiger partial charge in [-0.3, -0.25) is 14.6 Å². The molecule has 3 fully saturated rings. The summed E-state index contributed by atoms with van der Waals surface area (Å²) in [5.74, 6) is 3.77. The van der Waals surface area contributed by atoms with Gasteiger partial charge in [0.1, 0.15) is 5.75 Å². The number of ether oxygens (including phenoxy) is 1. The maximum Gasteiger partial charge on any atom is 0.236 e. The van der Waals surface area contributed by atoms with Gasteiger partial charge in [0.15, 0.2) is 0 Å². The van der Waals surface area contributed by atoms with Crippen LogP contribution in [0.5, 0.6) is 5.75 Å². The van der Waals surface area contributed by atoms with Crippen molar-refractivity contribution >= 4 is 23.4 Å². The molecule has 0 saturated carbocycles. The maximum absolute atomic E-state index is 12.8. The van der Waals surface area contributed by atoms with Crippen LogP contribution in [0.1, 0.15) is 6.42 Å². The SMILES string of the molecule is COc1ccc(N2CCN(C(=O)CN3CCN([C@@H]4CCSC4)CC3)CC2)cc1. The molecule has 7 heteroatoms. The molecule has 0 spiro atoms. The predicted molar refractivity (Wildman–Crippen MR) is 116 cm³/mol. The van der Waals surface area contributed by atoms with E-state index in [9.17, 15) is 4.79 Å². The van der Waals surface area contributed by atoms with E-state index in [0.717, 1.165) is 64.1 Å². The Morgan fingerprint density at radius 2 is 1.75 bits per heavy atom. The van der Waals surface area contributed by atoms with Gasteiger partial charge in [-0.25, -0.2) is 0 Å². The molecular weight excluding hydrogens is 372 g/mol. The first kappa shape index (κ1) is 19.9. The molecule has 1 aromatic carbocycles. The molecule has 6 nitrogen and oxygen atoms in total. The third-order valence-corrected chi connectivity index (χ3v) is 7.40. The summed E-state index contributed by atoms with van der Waals surface area (Å²) < 4.78 is 5.23. The van der Waals surface area contributed by atoms with Crippen LogP contribution >= 0.6 is 11.8 Å². The summed E-state index contributed by atoms with van der Waals surface area (Å²) >= 11 is 2.08. The zero-order valence-corrected chi connectivity index (χ0v) is 17.7. The van der Waals surface area contributed by atoms with E-state index in [1.165, 1.54) is 23.6 Å². The number of piperazine rings is 2. The Bertz CT molecular complexity index is 634. The Kier molecular flexibility index (Phi) is 6.65. The lowest BCUT2D eigenvalue weighted by Crippen LogP contribution is -2.55. The third-order valence-electron chi connectivity index (χ3n) is 6.26. The van der Waals surface area contributed by atoms with Crippen LogP contribution < -0.4 is 9.64 Å². The van der Waals surface area contributed by atoms with Crippen molar-refractivity contribution in [1.82, 2.24) is 14.7 Å². The summed E-state index contributed by atoms with van der Waals surface area (Å²) in [4.78, 5) is 22.1. The first-order valence-corrected chi connectivity index (χ1v) is 11.6. The van der Waals surface area contributed by atoms with Crippen LogP contribution in [0.15, 0.2) is 24.3 Å². The average molecular weight is 405 g/mol. The first-order valence-electron chi connectivity index (χ1n) is 10.4. The van der Waals surface area contributed by atoms with E-state index in [-0.39, 0.29) is 0 Å². The number of carbonyl (C=O) groups is 1. The Morgan fingerprint density at radius 3 is 2.36 bits per heavy atom. The van der Waals surface area contributed by atoms with Crippen molar-refractivity contribution in [1.29, 1.82) is 0 Å². The zero-order valence-electron chi connectivity index (χ0n) is 16.9. The molecule has 28 heavy (non-hydrogen) atoms. The molecule has 0 aromatic heterocycles. The predicted octanol–water partition coefficient (Wildman–Crippen LogP) is 1.47. The number of thioether (sulfide) groups is 1. The van der Waals surface area contributed by atoms with E-state index in [1.54, 1.807) is 7.11 Å². The van der Waals surface area contributed by atoms with Gasteiger partial charge >= 0.3 is 0 Å². The van der Waals surface area contributed by atoms with E-state index >= 15 is 0 Å². The first-order chi connectivity index (χ1) is 13.7. The number of methoxy groups -OCH3 is 1. The second-order valence-corrected chi connectivity index (χ2v) is 9.05. The van der Waals surface area contributed by atoms with Crippen LogP contribution in [0.25, 0.3) is 0 Å². The molecule has 0 N–H and O–H groups in total. The summed E-state index contributed by atoms with van der Waals surface area (Å²) in [5, 5.41) is 0. The Morgan fingerprint density at radius 1 is 1.04 bits per heavy atom. The fourth-order valence-corrected chi connectivity index (χ4v) is 5.65. The molecule has 3 aliphatic heterocycles. The second-order valence-electron chi connectivity index (χ2n) is 7.90. The minimum atomic E-state index is 0.291. The highest BCUT2D eigenvalue weighted by Gasteiger charge is 2.28. The number of amides is 1. The van der Waals surface area contributed by atoms with E-state index < -0.39 is 0 Å². The highest BCUT2D eigenvalue weighted by atomic mass is 32.2. The van der Waals surface area contributed by atoms with Crippen molar-refractivity contribution in [2.24, 2.45) is 0 Å². The zero-order chi connectivity index (χ0) is 19.3. The minimum Gasteiger partial charge on any atom is -0.497 e. The number of hydrogen-bond acceptors (Lipinski definition) is 6. The quantitative estimate of drug-likeness (QED) is 0.740. The van der Waals surface area contributed by atoms with E-state index in [2.05, 4.69) is 38.6 Å². The second kappa shape index (κ2) is 9.37. The largest absolute Gasteiger partial charge is 0.497 e. The summed E-state index contributed by atoms with van der Waals surface area (Å²) in [6.45, 7) is 8.27. The summed E-state index contributed by atoms with van der Waals surface area (Å²) in [5.41, 5.74) is 1.20. The molecule has 3 heterocycles. The third kappa shape index (κ3) is 4.75. The van der Waals surface area contributed by atoms with Gasteiger partial charge in [0.2, 0.25) is 5.91 Å². The van der Waals surface area contributed by atoms with Crippen molar-refractivity contribution < 1.29 is 9.53 Å². The van der Waals surface area contributed by atoms with Gasteiger partial charge < -0.3 is 14.5 Å². The molecule has 0 unspecified atom stereocenters. The lowest BCUT2D eigenvalue weighted by Gasteiger charge is -2.40. The van der Waals surface area contributed by atoms with E-state index in [0.29, 0.717) is 12.5 Å². The van der Waals surface area contributed by atoms with Crippen LogP contribution in [0.2, 0.25) is 0 Å². The number of carbonyl (C=O) groups excluding carboxylic acids is 1. The molecular formula is C21H32N4O2S. The molecule has 1 atom stereocenters. The van der Waals surface area contributed by atoms with Crippen LogP contribution in [0, 0.1) is 0 Å². The topological polar surface area (TPSA) is 39.3 Å². The monoisotopic (exact) mass is 404 g/mol. The van der Waals surface area contributed by atoms with Crippen LogP contribution in [-0.2, 0) is 4.79 Å². The highest BCUT2D eigenvalue weighted by Crippen LogP contribution is 2.23. The fourth-order valence-electron chi connectivity index (χ4n) is 4.40. The fraction of sp³-hybridized carbons (Fsp3) is 0.667. The van der Waals surface area contributed by atoms with Crippen LogP contribution in [0.4, 0.5) is 5.69 Å². The summed E-state index contributed by atoms with van der Waals surface area (Å²) in [6, 6.07) is 8.96. The maximum atomic E-state index is 12.8. The standard InChI is InChI=1S/C21H32N4O2S/c1-27-20-4-2-18(3-5-20)23-11-13-25(14-12-23)21(26)16-22-7-9-24(10-8-22)19-6-15-28-17-19/h2-5,19H,6-17H2,1H3/t19-/m1/s1. The molecule has 4 rings (SSSR count). The number of anilines is 1. The Balaban J connectivity index is 1.20. The molecule has 0 aliphatic carbocycles. The molecule has 3 saturated heterocycles.